The largest absolute Gasteiger partial charge is 0.490 e. The van der Waals surface area contributed by atoms with Gasteiger partial charge in [-0.2, -0.15) is 5.10 Å². The molecule has 1 spiro atoms. The van der Waals surface area contributed by atoms with E-state index in [0.717, 1.165) is 54.7 Å². The van der Waals surface area contributed by atoms with Crippen molar-refractivity contribution < 1.29 is 9.13 Å². The molecule has 3 heterocycles. The normalized spacial score (nSPS) is 19.4. The van der Waals surface area contributed by atoms with Crippen molar-refractivity contribution in [2.45, 2.75) is 44.1 Å². The number of aromatic nitrogens is 3. The highest BCUT2D eigenvalue weighted by atomic mass is 35.5. The molecule has 2 aromatic carbocycles. The maximum Gasteiger partial charge on any atom is 0.259 e. The van der Waals surface area contributed by atoms with E-state index in [1.165, 1.54) is 29.9 Å². The van der Waals surface area contributed by atoms with Crippen molar-refractivity contribution in [3.8, 4) is 5.75 Å². The molecule has 0 atom stereocenters. The molecule has 1 aliphatic heterocycles. The first kappa shape index (κ1) is 24.0. The maximum atomic E-state index is 14.6. The first-order chi connectivity index (χ1) is 18.4. The summed E-state index contributed by atoms with van der Waals surface area (Å²) in [6.45, 7) is 3.63. The fourth-order valence-corrected chi connectivity index (χ4v) is 6.69. The van der Waals surface area contributed by atoms with Crippen molar-refractivity contribution in [1.82, 2.24) is 19.7 Å². The van der Waals surface area contributed by atoms with Crippen molar-refractivity contribution in [2.24, 2.45) is 12.5 Å². The molecule has 7 nitrogen and oxygen atoms in total. The molecule has 2 aromatic heterocycles. The van der Waals surface area contributed by atoms with Gasteiger partial charge in [0.25, 0.3) is 5.56 Å². The van der Waals surface area contributed by atoms with Gasteiger partial charge in [-0.25, -0.2) is 4.39 Å². The first-order valence-corrected chi connectivity index (χ1v) is 13.9. The van der Waals surface area contributed by atoms with Crippen LogP contribution in [0.25, 0.3) is 21.7 Å². The van der Waals surface area contributed by atoms with Gasteiger partial charge in [0.1, 0.15) is 16.7 Å². The molecular weight excluding hydrogens is 505 g/mol. The van der Waals surface area contributed by atoms with Gasteiger partial charge < -0.3 is 19.5 Å². The lowest BCUT2D eigenvalue weighted by molar-refractivity contribution is -0.117. The van der Waals surface area contributed by atoms with E-state index in [9.17, 15) is 9.18 Å². The number of ether oxygens (including phenoxy) is 1. The molecule has 2 saturated carbocycles. The Balaban J connectivity index is 0.923. The summed E-state index contributed by atoms with van der Waals surface area (Å²) in [6, 6.07) is 10.8. The average Bonchev–Trinajstić information content (AvgIpc) is 3.20. The Bertz CT molecular complexity index is 1600. The van der Waals surface area contributed by atoms with Crippen molar-refractivity contribution in [3.63, 3.8) is 0 Å². The minimum Gasteiger partial charge on any atom is -0.490 e. The lowest BCUT2D eigenvalue weighted by atomic mass is 9.62. The summed E-state index contributed by atoms with van der Waals surface area (Å²) >= 11 is 6.25. The van der Waals surface area contributed by atoms with Crippen LogP contribution in [0, 0.1) is 11.2 Å². The SMILES string of the molecule is Cn1c(Cl)cc2c(OC3CC4(C3)CN(CCNc3cc5c(C6CCC6)[nH]nc5cc3F)C4)cccc2c1=O. The van der Waals surface area contributed by atoms with Crippen LogP contribution in [0.15, 0.2) is 41.2 Å². The third kappa shape index (κ3) is 3.96. The Hall–Kier alpha value is -3.10. The van der Waals surface area contributed by atoms with Gasteiger partial charge in [0.05, 0.1) is 22.7 Å². The third-order valence-corrected chi connectivity index (χ3v) is 9.21. The van der Waals surface area contributed by atoms with Gasteiger partial charge in [0.15, 0.2) is 0 Å². The number of aromatic amines is 1. The zero-order valence-corrected chi connectivity index (χ0v) is 22.2. The van der Waals surface area contributed by atoms with Crippen molar-refractivity contribution in [2.75, 3.05) is 31.5 Å². The summed E-state index contributed by atoms with van der Waals surface area (Å²) in [5.41, 5.74) is 2.60. The van der Waals surface area contributed by atoms with Crippen LogP contribution in [0.2, 0.25) is 5.15 Å². The summed E-state index contributed by atoms with van der Waals surface area (Å²) in [7, 11) is 1.67. The zero-order chi connectivity index (χ0) is 26.0. The maximum absolute atomic E-state index is 14.6. The van der Waals surface area contributed by atoms with Crippen molar-refractivity contribution in [3.05, 3.63) is 63.4 Å². The van der Waals surface area contributed by atoms with E-state index in [1.54, 1.807) is 13.1 Å². The van der Waals surface area contributed by atoms with Crippen LogP contribution < -0.4 is 15.6 Å². The van der Waals surface area contributed by atoms with E-state index in [2.05, 4.69) is 20.4 Å². The van der Waals surface area contributed by atoms with Crippen molar-refractivity contribution >= 4 is 39.0 Å². The first-order valence-electron chi connectivity index (χ1n) is 13.5. The standard InChI is InChI=1S/C29H31ClFN5O2/c1-35-26(30)11-20-19(28(35)37)6-3-7-25(20)38-18-13-29(14-18)15-36(16-29)9-8-32-24-10-21-23(12-22(24)31)33-34-27(21)17-4-2-5-17/h3,6-7,10-12,17-18,32H,2,4-5,8-9,13-16H2,1H3,(H,33,34). The lowest BCUT2D eigenvalue weighted by Gasteiger charge is -2.58. The Labute approximate surface area is 224 Å². The zero-order valence-electron chi connectivity index (χ0n) is 21.4. The number of pyridine rings is 1. The van der Waals surface area contributed by atoms with Gasteiger partial charge in [-0.3, -0.25) is 9.89 Å². The minimum atomic E-state index is -0.254. The van der Waals surface area contributed by atoms with Crippen LogP contribution in [0.4, 0.5) is 10.1 Å². The van der Waals surface area contributed by atoms with Crippen LogP contribution in [-0.2, 0) is 7.05 Å². The van der Waals surface area contributed by atoms with Crippen LogP contribution in [-0.4, -0.2) is 51.9 Å². The summed E-state index contributed by atoms with van der Waals surface area (Å²) in [5.74, 6) is 0.992. The monoisotopic (exact) mass is 535 g/mol. The number of halogens is 2. The number of anilines is 1. The molecule has 0 bridgehead atoms. The average molecular weight is 536 g/mol. The van der Waals surface area contributed by atoms with E-state index in [1.807, 2.05) is 24.3 Å². The number of nitrogens with zero attached hydrogens (tertiary/aromatic N) is 3. The summed E-state index contributed by atoms with van der Waals surface area (Å²) < 4.78 is 22.4. The predicted molar refractivity (Wildman–Crippen MR) is 148 cm³/mol. The Morgan fingerprint density at radius 2 is 2.00 bits per heavy atom. The summed E-state index contributed by atoms with van der Waals surface area (Å²) in [4.78, 5) is 15.0. The number of fused-ring (bicyclic) bond motifs is 2. The summed E-state index contributed by atoms with van der Waals surface area (Å²) in [5, 5.41) is 13.6. The van der Waals surface area contributed by atoms with Gasteiger partial charge in [-0.05, 0) is 49.9 Å². The summed E-state index contributed by atoms with van der Waals surface area (Å²) in [6.07, 6.45) is 5.75. The number of likely N-dealkylation sites (tertiary alicyclic amines) is 1. The second-order valence-corrected chi connectivity index (χ2v) is 11.8. The van der Waals surface area contributed by atoms with Crippen LogP contribution in [0.5, 0.6) is 5.75 Å². The molecule has 9 heteroatoms. The Morgan fingerprint density at radius 3 is 2.76 bits per heavy atom. The van der Waals surface area contributed by atoms with Gasteiger partial charge in [-0.15, -0.1) is 0 Å². The van der Waals surface area contributed by atoms with E-state index < -0.39 is 0 Å². The van der Waals surface area contributed by atoms with Gasteiger partial charge in [0.2, 0.25) is 0 Å². The van der Waals surface area contributed by atoms with E-state index in [-0.39, 0.29) is 17.5 Å². The number of nitrogens with one attached hydrogen (secondary N) is 2. The molecule has 1 saturated heterocycles. The molecule has 4 aromatic rings. The van der Waals surface area contributed by atoms with E-state index in [0.29, 0.717) is 39.6 Å². The highest BCUT2D eigenvalue weighted by molar-refractivity contribution is 6.30. The molecule has 7 rings (SSSR count). The van der Waals surface area contributed by atoms with Gasteiger partial charge in [0, 0.05) is 67.1 Å². The molecule has 2 N–H and O–H groups in total. The quantitative estimate of drug-likeness (QED) is 0.309. The second-order valence-electron chi connectivity index (χ2n) is 11.4. The van der Waals surface area contributed by atoms with Crippen LogP contribution in [0.3, 0.4) is 0 Å². The fourth-order valence-electron chi connectivity index (χ4n) is 6.51. The number of benzene rings is 2. The highest BCUT2D eigenvalue weighted by Crippen LogP contribution is 2.50. The minimum absolute atomic E-state index is 0.116. The number of hydrogen-bond acceptors (Lipinski definition) is 5. The number of hydrogen-bond donors (Lipinski definition) is 2. The molecule has 0 radical (unpaired) electrons. The third-order valence-electron chi connectivity index (χ3n) is 8.85. The molecule has 3 fully saturated rings. The molecule has 198 valence electrons. The van der Waals surface area contributed by atoms with Gasteiger partial charge >= 0.3 is 0 Å². The molecule has 0 amide bonds. The van der Waals surface area contributed by atoms with Crippen molar-refractivity contribution in [1.29, 1.82) is 0 Å². The number of rotatable bonds is 7. The number of H-pyrrole nitrogens is 1. The van der Waals surface area contributed by atoms with Gasteiger partial charge in [-0.1, -0.05) is 24.1 Å². The molecular formula is C29H31ClFN5O2. The smallest absolute Gasteiger partial charge is 0.259 e. The highest BCUT2D eigenvalue weighted by Gasteiger charge is 2.53. The molecule has 2 aliphatic carbocycles. The topological polar surface area (TPSA) is 75.2 Å². The Morgan fingerprint density at radius 1 is 1.18 bits per heavy atom. The second kappa shape index (κ2) is 8.99. The molecule has 0 unspecified atom stereocenters. The molecule has 38 heavy (non-hydrogen) atoms. The predicted octanol–water partition coefficient (Wildman–Crippen LogP) is 5.43. The van der Waals surface area contributed by atoms with E-state index in [4.69, 9.17) is 16.3 Å². The van der Waals surface area contributed by atoms with Crippen LogP contribution in [0.1, 0.15) is 43.7 Å². The Kier molecular flexibility index (Phi) is 5.67. The lowest BCUT2D eigenvalue weighted by Crippen LogP contribution is -2.65. The molecule has 3 aliphatic rings. The van der Waals surface area contributed by atoms with E-state index >= 15 is 0 Å². The fraction of sp³-hybridized carbons (Fsp3) is 0.448. The van der Waals surface area contributed by atoms with Crippen LogP contribution >= 0.6 is 11.6 Å².